The molecule has 0 spiro atoms. The van der Waals surface area contributed by atoms with Crippen LogP contribution in [0.15, 0.2) is 18.7 Å². The van der Waals surface area contributed by atoms with Crippen molar-refractivity contribution in [2.45, 2.75) is 19.4 Å². The van der Waals surface area contributed by atoms with E-state index in [1.165, 1.54) is 23.6 Å². The molecule has 1 fully saturated rings. The lowest BCUT2D eigenvalue weighted by Gasteiger charge is -2.39. The summed E-state index contributed by atoms with van der Waals surface area (Å²) < 4.78 is 0. The van der Waals surface area contributed by atoms with Gasteiger partial charge in [-0.2, -0.15) is 0 Å². The molecule has 1 aromatic heterocycles. The molecule has 1 N–H and O–H groups in total. The highest BCUT2D eigenvalue weighted by atomic mass is 16.2. The van der Waals surface area contributed by atoms with E-state index in [0.717, 1.165) is 0 Å². The summed E-state index contributed by atoms with van der Waals surface area (Å²) in [4.78, 5) is 44.0. The molecule has 1 saturated heterocycles. The molecular formula is C11H12N4O3. The van der Waals surface area contributed by atoms with Crippen molar-refractivity contribution in [3.8, 4) is 0 Å². The van der Waals surface area contributed by atoms with Crippen LogP contribution in [-0.2, 0) is 9.59 Å². The molecule has 0 radical (unpaired) electrons. The fraction of sp³-hybridized carbons (Fsp3) is 0.364. The minimum atomic E-state index is -1.08. The number of carbonyl (C=O) groups excluding carboxylic acids is 3. The number of imide groups is 1. The van der Waals surface area contributed by atoms with Crippen LogP contribution in [0.1, 0.15) is 24.2 Å². The van der Waals surface area contributed by atoms with Gasteiger partial charge in [0.05, 0.1) is 5.56 Å². The Morgan fingerprint density at radius 3 is 2.56 bits per heavy atom. The Balaban J connectivity index is 2.34. The Kier molecular flexibility index (Phi) is 2.82. The van der Waals surface area contributed by atoms with E-state index >= 15 is 0 Å². The van der Waals surface area contributed by atoms with Crippen molar-refractivity contribution in [3.05, 3.63) is 24.3 Å². The molecule has 0 bridgehead atoms. The minimum absolute atomic E-state index is 0.160. The van der Waals surface area contributed by atoms with E-state index in [2.05, 4.69) is 15.3 Å². The fourth-order valence-corrected chi connectivity index (χ4v) is 1.67. The number of amides is 3. The zero-order valence-electron chi connectivity index (χ0n) is 10.0. The Morgan fingerprint density at radius 2 is 1.94 bits per heavy atom. The van der Waals surface area contributed by atoms with E-state index in [-0.39, 0.29) is 12.1 Å². The molecule has 2 heterocycles. The first-order valence-corrected chi connectivity index (χ1v) is 5.34. The van der Waals surface area contributed by atoms with E-state index in [4.69, 9.17) is 0 Å². The Labute approximate surface area is 103 Å². The summed E-state index contributed by atoms with van der Waals surface area (Å²) in [6.07, 6.45) is 4.00. The van der Waals surface area contributed by atoms with Gasteiger partial charge in [-0.15, -0.1) is 0 Å². The summed E-state index contributed by atoms with van der Waals surface area (Å²) in [5.41, 5.74) is -0.839. The summed E-state index contributed by atoms with van der Waals surface area (Å²) in [6, 6.07) is 0. The second-order valence-electron chi connectivity index (χ2n) is 4.45. The van der Waals surface area contributed by atoms with Crippen LogP contribution < -0.4 is 5.32 Å². The van der Waals surface area contributed by atoms with Gasteiger partial charge in [-0.05, 0) is 13.8 Å². The van der Waals surface area contributed by atoms with Gasteiger partial charge in [0.25, 0.3) is 11.8 Å². The van der Waals surface area contributed by atoms with Gasteiger partial charge in [-0.25, -0.2) is 9.97 Å². The number of hydrogen-bond donors (Lipinski definition) is 1. The largest absolute Gasteiger partial charge is 0.315 e. The van der Waals surface area contributed by atoms with Crippen LogP contribution in [0.5, 0.6) is 0 Å². The van der Waals surface area contributed by atoms with Crippen LogP contribution in [0.3, 0.4) is 0 Å². The monoisotopic (exact) mass is 248 g/mol. The van der Waals surface area contributed by atoms with Crippen LogP contribution in [0, 0.1) is 0 Å². The summed E-state index contributed by atoms with van der Waals surface area (Å²) in [6.45, 7) is 3.00. The molecule has 7 nitrogen and oxygen atoms in total. The quantitative estimate of drug-likeness (QED) is 0.667. The third-order valence-corrected chi connectivity index (χ3v) is 2.84. The van der Waals surface area contributed by atoms with Crippen LogP contribution in [0.4, 0.5) is 0 Å². The highest BCUT2D eigenvalue weighted by Gasteiger charge is 2.43. The van der Waals surface area contributed by atoms with Crippen molar-refractivity contribution in [2.75, 3.05) is 6.54 Å². The first-order valence-electron chi connectivity index (χ1n) is 5.34. The maximum Gasteiger partial charge on any atom is 0.258 e. The summed E-state index contributed by atoms with van der Waals surface area (Å²) in [5.74, 6) is -1.43. The molecule has 0 saturated carbocycles. The van der Waals surface area contributed by atoms with Crippen molar-refractivity contribution < 1.29 is 14.4 Å². The van der Waals surface area contributed by atoms with Crippen molar-refractivity contribution >= 4 is 17.7 Å². The molecule has 3 amide bonds. The molecule has 0 unspecified atom stereocenters. The molecular weight excluding hydrogens is 236 g/mol. The van der Waals surface area contributed by atoms with E-state index in [0.29, 0.717) is 0 Å². The number of hydrogen-bond acceptors (Lipinski definition) is 5. The van der Waals surface area contributed by atoms with E-state index < -0.39 is 23.3 Å². The van der Waals surface area contributed by atoms with Gasteiger partial charge in [0, 0.05) is 12.4 Å². The van der Waals surface area contributed by atoms with Crippen LogP contribution in [-0.4, -0.2) is 44.7 Å². The zero-order chi connectivity index (χ0) is 13.3. The molecule has 1 aliphatic rings. The first kappa shape index (κ1) is 12.2. The highest BCUT2D eigenvalue weighted by Crippen LogP contribution is 2.20. The van der Waals surface area contributed by atoms with Gasteiger partial charge in [-0.3, -0.25) is 19.7 Å². The van der Waals surface area contributed by atoms with Gasteiger partial charge in [0.2, 0.25) is 5.91 Å². The second-order valence-corrected chi connectivity index (χ2v) is 4.45. The van der Waals surface area contributed by atoms with Gasteiger partial charge in [0.15, 0.2) is 0 Å². The normalized spacial score (nSPS) is 18.4. The lowest BCUT2D eigenvalue weighted by atomic mass is 9.98. The summed E-state index contributed by atoms with van der Waals surface area (Å²) in [5, 5.41) is 2.20. The van der Waals surface area contributed by atoms with Crippen molar-refractivity contribution in [2.24, 2.45) is 0 Å². The number of carbonyl (C=O) groups is 3. The van der Waals surface area contributed by atoms with Crippen molar-refractivity contribution in [1.29, 1.82) is 0 Å². The lowest BCUT2D eigenvalue weighted by Crippen LogP contribution is -2.65. The van der Waals surface area contributed by atoms with Gasteiger partial charge < -0.3 is 4.90 Å². The Morgan fingerprint density at radius 1 is 1.33 bits per heavy atom. The SMILES string of the molecule is CC1(C)C(=O)NC(=O)CN1C(=O)c1cncnc1. The standard InChI is InChI=1S/C11H12N4O3/c1-11(2)10(18)14-8(16)5-15(11)9(17)7-3-12-6-13-4-7/h3-4,6H,5H2,1-2H3,(H,14,16,18). The Bertz CT molecular complexity index is 512. The predicted octanol–water partition coefficient (Wildman–Crippen LogP) is -0.646. The molecule has 18 heavy (non-hydrogen) atoms. The van der Waals surface area contributed by atoms with Gasteiger partial charge >= 0.3 is 0 Å². The predicted molar refractivity (Wildman–Crippen MR) is 60.3 cm³/mol. The first-order chi connectivity index (χ1) is 8.43. The smallest absolute Gasteiger partial charge is 0.258 e. The molecule has 2 rings (SSSR count). The van der Waals surface area contributed by atoms with Crippen molar-refractivity contribution in [3.63, 3.8) is 0 Å². The number of rotatable bonds is 1. The topological polar surface area (TPSA) is 92.3 Å². The molecule has 94 valence electrons. The molecule has 0 aromatic carbocycles. The number of nitrogens with one attached hydrogen (secondary N) is 1. The third-order valence-electron chi connectivity index (χ3n) is 2.84. The third kappa shape index (κ3) is 1.94. The van der Waals surface area contributed by atoms with Crippen molar-refractivity contribution in [1.82, 2.24) is 20.2 Å². The molecule has 1 aromatic rings. The molecule has 1 aliphatic heterocycles. The zero-order valence-corrected chi connectivity index (χ0v) is 10.0. The van der Waals surface area contributed by atoms with E-state index in [9.17, 15) is 14.4 Å². The maximum absolute atomic E-state index is 12.2. The number of nitrogens with zero attached hydrogens (tertiary/aromatic N) is 3. The molecule has 0 aliphatic carbocycles. The van der Waals surface area contributed by atoms with E-state index in [1.807, 2.05) is 0 Å². The highest BCUT2D eigenvalue weighted by molar-refractivity contribution is 6.08. The number of aromatic nitrogens is 2. The fourth-order valence-electron chi connectivity index (χ4n) is 1.67. The van der Waals surface area contributed by atoms with E-state index in [1.54, 1.807) is 13.8 Å². The summed E-state index contributed by atoms with van der Waals surface area (Å²) in [7, 11) is 0. The average Bonchev–Trinajstić information content (AvgIpc) is 2.34. The van der Waals surface area contributed by atoms with Crippen LogP contribution >= 0.6 is 0 Å². The minimum Gasteiger partial charge on any atom is -0.315 e. The average molecular weight is 248 g/mol. The number of piperazine rings is 1. The van der Waals surface area contributed by atoms with Gasteiger partial charge in [-0.1, -0.05) is 0 Å². The lowest BCUT2D eigenvalue weighted by molar-refractivity contribution is -0.143. The Hall–Kier alpha value is -2.31. The van der Waals surface area contributed by atoms with Crippen LogP contribution in [0.25, 0.3) is 0 Å². The van der Waals surface area contributed by atoms with Crippen LogP contribution in [0.2, 0.25) is 0 Å². The molecule has 7 heteroatoms. The van der Waals surface area contributed by atoms with Gasteiger partial charge in [0.1, 0.15) is 18.4 Å². The maximum atomic E-state index is 12.2. The second kappa shape index (κ2) is 4.17. The molecule has 0 atom stereocenters. The summed E-state index contributed by atoms with van der Waals surface area (Å²) >= 11 is 0.